The molecule has 0 saturated carbocycles. The number of methoxy groups -OCH3 is 1. The molecule has 0 bridgehead atoms. The van der Waals surface area contributed by atoms with Crippen molar-refractivity contribution < 1.29 is 14.3 Å². The first-order chi connectivity index (χ1) is 14.6. The van der Waals surface area contributed by atoms with E-state index < -0.39 is 0 Å². The Balaban J connectivity index is 1.69. The van der Waals surface area contributed by atoms with Gasteiger partial charge < -0.3 is 9.47 Å². The predicted molar refractivity (Wildman–Crippen MR) is 121 cm³/mol. The predicted octanol–water partition coefficient (Wildman–Crippen LogP) is 4.25. The molecule has 1 amide bonds. The number of anilines is 1. The molecule has 0 radical (unpaired) electrons. The van der Waals surface area contributed by atoms with E-state index in [2.05, 4.69) is 4.90 Å². The Bertz CT molecular complexity index is 1050. The summed E-state index contributed by atoms with van der Waals surface area (Å²) in [6.07, 6.45) is 0. The van der Waals surface area contributed by atoms with Crippen molar-refractivity contribution in [2.45, 2.75) is 6.92 Å². The van der Waals surface area contributed by atoms with Gasteiger partial charge in [0, 0.05) is 36.8 Å². The second kappa shape index (κ2) is 9.31. The summed E-state index contributed by atoms with van der Waals surface area (Å²) in [6.45, 7) is 6.51. The van der Waals surface area contributed by atoms with Gasteiger partial charge in [-0.15, -0.1) is 0 Å². The monoisotopic (exact) mass is 445 g/mol. The standard InChI is InChI=1S/C22H24ClN3O3S/c1-15-6-7-18(28-2)19-20(15)30-22(24-19)26(9-8-25-10-12-29-13-11-25)21(27)16-4-3-5-17(23)14-16/h3-7,14H,8-13H2,1-2H3. The van der Waals surface area contributed by atoms with Crippen LogP contribution in [-0.2, 0) is 4.74 Å². The highest BCUT2D eigenvalue weighted by Gasteiger charge is 2.24. The lowest BCUT2D eigenvalue weighted by atomic mass is 10.2. The second-order valence-electron chi connectivity index (χ2n) is 7.18. The van der Waals surface area contributed by atoms with Gasteiger partial charge in [0.05, 0.1) is 25.0 Å². The molecule has 0 atom stereocenters. The van der Waals surface area contributed by atoms with E-state index in [4.69, 9.17) is 26.1 Å². The Hall–Kier alpha value is -2.19. The molecular weight excluding hydrogens is 422 g/mol. The molecule has 1 fully saturated rings. The lowest BCUT2D eigenvalue weighted by molar-refractivity contribution is 0.0391. The maximum Gasteiger partial charge on any atom is 0.260 e. The van der Waals surface area contributed by atoms with E-state index in [9.17, 15) is 4.79 Å². The van der Waals surface area contributed by atoms with Crippen LogP contribution in [0.15, 0.2) is 36.4 Å². The van der Waals surface area contributed by atoms with E-state index in [0.29, 0.717) is 28.0 Å². The number of aromatic nitrogens is 1. The third kappa shape index (κ3) is 4.44. The summed E-state index contributed by atoms with van der Waals surface area (Å²) in [6, 6.07) is 11.0. The van der Waals surface area contributed by atoms with Crippen LogP contribution in [0.2, 0.25) is 5.02 Å². The number of carbonyl (C=O) groups is 1. The van der Waals surface area contributed by atoms with Crippen molar-refractivity contribution >= 4 is 44.2 Å². The fraction of sp³-hybridized carbons (Fsp3) is 0.364. The number of amides is 1. The number of aryl methyl sites for hydroxylation is 1. The molecule has 1 saturated heterocycles. The van der Waals surface area contributed by atoms with Crippen molar-refractivity contribution in [2.24, 2.45) is 0 Å². The number of halogens is 1. The molecule has 2 aromatic carbocycles. The summed E-state index contributed by atoms with van der Waals surface area (Å²) in [7, 11) is 1.64. The zero-order chi connectivity index (χ0) is 21.1. The van der Waals surface area contributed by atoms with Crippen LogP contribution in [0.5, 0.6) is 5.75 Å². The summed E-state index contributed by atoms with van der Waals surface area (Å²) >= 11 is 7.65. The minimum absolute atomic E-state index is 0.110. The van der Waals surface area contributed by atoms with Crippen molar-refractivity contribution in [3.63, 3.8) is 0 Å². The first-order valence-corrected chi connectivity index (χ1v) is 11.1. The van der Waals surface area contributed by atoms with Crippen molar-refractivity contribution in [3.8, 4) is 5.75 Å². The number of rotatable bonds is 6. The van der Waals surface area contributed by atoms with Gasteiger partial charge in [0.25, 0.3) is 5.91 Å². The summed E-state index contributed by atoms with van der Waals surface area (Å²) in [5.74, 6) is 0.600. The lowest BCUT2D eigenvalue weighted by Crippen LogP contribution is -2.43. The molecule has 1 aliphatic rings. The number of morpholine rings is 1. The van der Waals surface area contributed by atoms with Crippen LogP contribution in [0.1, 0.15) is 15.9 Å². The Labute approximate surface area is 185 Å². The first kappa shape index (κ1) is 21.1. The average Bonchev–Trinajstić information content (AvgIpc) is 3.21. The van der Waals surface area contributed by atoms with Gasteiger partial charge in [-0.3, -0.25) is 14.6 Å². The van der Waals surface area contributed by atoms with Gasteiger partial charge in [-0.25, -0.2) is 4.98 Å². The molecule has 1 aliphatic heterocycles. The number of benzene rings is 2. The zero-order valence-electron chi connectivity index (χ0n) is 17.1. The molecule has 0 spiro atoms. The normalized spacial score (nSPS) is 14.8. The molecule has 6 nitrogen and oxygen atoms in total. The third-order valence-electron chi connectivity index (χ3n) is 5.20. The number of carbonyl (C=O) groups excluding carboxylic acids is 1. The Morgan fingerprint density at radius 2 is 2.10 bits per heavy atom. The van der Waals surface area contributed by atoms with Crippen LogP contribution >= 0.6 is 22.9 Å². The average molecular weight is 446 g/mol. The minimum Gasteiger partial charge on any atom is -0.494 e. The van der Waals surface area contributed by atoms with Gasteiger partial charge >= 0.3 is 0 Å². The fourth-order valence-corrected chi connectivity index (χ4v) is 4.77. The largest absolute Gasteiger partial charge is 0.494 e. The molecule has 0 aliphatic carbocycles. The molecule has 158 valence electrons. The molecule has 0 N–H and O–H groups in total. The summed E-state index contributed by atoms with van der Waals surface area (Å²) in [5.41, 5.74) is 2.44. The highest BCUT2D eigenvalue weighted by Crippen LogP contribution is 2.36. The topological polar surface area (TPSA) is 54.9 Å². The van der Waals surface area contributed by atoms with Crippen LogP contribution in [0.4, 0.5) is 5.13 Å². The fourth-order valence-electron chi connectivity index (χ4n) is 3.51. The van der Waals surface area contributed by atoms with Gasteiger partial charge in [-0.05, 0) is 36.8 Å². The van der Waals surface area contributed by atoms with E-state index >= 15 is 0 Å². The smallest absolute Gasteiger partial charge is 0.260 e. The Kier molecular flexibility index (Phi) is 6.53. The Morgan fingerprint density at radius 3 is 2.83 bits per heavy atom. The van der Waals surface area contributed by atoms with Gasteiger partial charge in [0.2, 0.25) is 0 Å². The maximum absolute atomic E-state index is 13.4. The van der Waals surface area contributed by atoms with E-state index in [-0.39, 0.29) is 5.91 Å². The van der Waals surface area contributed by atoms with Gasteiger partial charge in [0.15, 0.2) is 5.13 Å². The minimum atomic E-state index is -0.110. The number of nitrogens with zero attached hydrogens (tertiary/aromatic N) is 3. The van der Waals surface area contributed by atoms with Crippen molar-refractivity contribution in [1.29, 1.82) is 0 Å². The van der Waals surface area contributed by atoms with E-state index in [1.54, 1.807) is 36.3 Å². The number of thiazole rings is 1. The Morgan fingerprint density at radius 1 is 1.30 bits per heavy atom. The molecule has 30 heavy (non-hydrogen) atoms. The van der Waals surface area contributed by atoms with Crippen LogP contribution in [0.25, 0.3) is 10.2 Å². The van der Waals surface area contributed by atoms with Crippen molar-refractivity contribution in [2.75, 3.05) is 51.4 Å². The van der Waals surface area contributed by atoms with Gasteiger partial charge in [0.1, 0.15) is 11.3 Å². The van der Waals surface area contributed by atoms with Crippen molar-refractivity contribution in [1.82, 2.24) is 9.88 Å². The van der Waals surface area contributed by atoms with Crippen LogP contribution in [0.3, 0.4) is 0 Å². The van der Waals surface area contributed by atoms with Crippen molar-refractivity contribution in [3.05, 3.63) is 52.5 Å². The zero-order valence-corrected chi connectivity index (χ0v) is 18.6. The van der Waals surface area contributed by atoms with Gasteiger partial charge in [-0.1, -0.05) is 35.1 Å². The van der Waals surface area contributed by atoms with Gasteiger partial charge in [-0.2, -0.15) is 0 Å². The molecule has 4 rings (SSSR count). The quantitative estimate of drug-likeness (QED) is 0.567. The highest BCUT2D eigenvalue weighted by molar-refractivity contribution is 7.22. The molecular formula is C22H24ClN3O3S. The number of fused-ring (bicyclic) bond motifs is 1. The first-order valence-electron chi connectivity index (χ1n) is 9.88. The molecule has 3 aromatic rings. The second-order valence-corrected chi connectivity index (χ2v) is 8.59. The number of hydrogen-bond acceptors (Lipinski definition) is 6. The van der Waals surface area contributed by atoms with E-state index in [0.717, 1.165) is 48.6 Å². The lowest BCUT2D eigenvalue weighted by Gasteiger charge is -2.29. The van der Waals surface area contributed by atoms with Crippen LogP contribution in [0, 0.1) is 6.92 Å². The van der Waals surface area contributed by atoms with E-state index in [1.165, 1.54) is 11.3 Å². The SMILES string of the molecule is COc1ccc(C)c2sc(N(CCN3CCOCC3)C(=O)c3cccc(Cl)c3)nc12. The summed E-state index contributed by atoms with van der Waals surface area (Å²) in [5, 5.41) is 1.20. The number of hydrogen-bond donors (Lipinski definition) is 0. The summed E-state index contributed by atoms with van der Waals surface area (Å²) < 4.78 is 12.0. The third-order valence-corrected chi connectivity index (χ3v) is 6.65. The summed E-state index contributed by atoms with van der Waals surface area (Å²) in [4.78, 5) is 22.3. The molecule has 0 unspecified atom stereocenters. The molecule has 2 heterocycles. The van der Waals surface area contributed by atoms with Crippen LogP contribution < -0.4 is 9.64 Å². The number of ether oxygens (including phenoxy) is 2. The maximum atomic E-state index is 13.4. The van der Waals surface area contributed by atoms with E-state index in [1.807, 2.05) is 19.1 Å². The highest BCUT2D eigenvalue weighted by atomic mass is 35.5. The molecule has 1 aromatic heterocycles. The molecule has 8 heteroatoms. The van der Waals surface area contributed by atoms with Crippen LogP contribution in [-0.4, -0.2) is 62.3 Å².